The average Bonchev–Trinajstić information content (AvgIpc) is 2.49. The Morgan fingerprint density at radius 3 is 2.90 bits per heavy atom. The van der Waals surface area contributed by atoms with Gasteiger partial charge in [0.05, 0.1) is 17.6 Å². The largest absolute Gasteiger partial charge is 0.375 e. The minimum Gasteiger partial charge on any atom is -0.375 e. The van der Waals surface area contributed by atoms with Crippen molar-refractivity contribution in [2.75, 3.05) is 26.7 Å². The number of rotatable bonds is 5. The zero-order valence-corrected chi connectivity index (χ0v) is 14.7. The molecule has 7 heteroatoms. The molecule has 118 valence electrons. The van der Waals surface area contributed by atoms with Gasteiger partial charge in [-0.3, -0.25) is 0 Å². The van der Waals surface area contributed by atoms with Crippen molar-refractivity contribution in [3.05, 3.63) is 28.2 Å². The Hall–Kier alpha value is -0.470. The van der Waals surface area contributed by atoms with Gasteiger partial charge in [-0.2, -0.15) is 4.31 Å². The van der Waals surface area contributed by atoms with Crippen LogP contribution in [0.25, 0.3) is 0 Å². The van der Waals surface area contributed by atoms with Crippen LogP contribution in [0.1, 0.15) is 18.9 Å². The van der Waals surface area contributed by atoms with E-state index in [1.165, 1.54) is 4.31 Å². The first-order chi connectivity index (χ1) is 9.98. The normalized spacial score (nSPS) is 20.6. The molecule has 2 rings (SSSR count). The van der Waals surface area contributed by atoms with Gasteiger partial charge in [0.15, 0.2) is 0 Å². The molecular weight excluding hydrogens is 356 g/mol. The molecule has 1 aliphatic heterocycles. The van der Waals surface area contributed by atoms with E-state index in [4.69, 9.17) is 4.74 Å². The van der Waals surface area contributed by atoms with Gasteiger partial charge in [0.2, 0.25) is 10.0 Å². The van der Waals surface area contributed by atoms with Crippen molar-refractivity contribution in [3.63, 3.8) is 0 Å². The molecule has 0 spiro atoms. The Bertz CT molecular complexity index is 592. The lowest BCUT2D eigenvalue weighted by Gasteiger charge is -2.32. The lowest BCUT2D eigenvalue weighted by Crippen LogP contribution is -2.45. The Morgan fingerprint density at radius 1 is 1.48 bits per heavy atom. The van der Waals surface area contributed by atoms with Gasteiger partial charge >= 0.3 is 0 Å². The molecule has 1 saturated heterocycles. The van der Waals surface area contributed by atoms with E-state index in [1.54, 1.807) is 12.1 Å². The van der Waals surface area contributed by atoms with Crippen molar-refractivity contribution in [2.45, 2.75) is 30.9 Å². The highest BCUT2D eigenvalue weighted by Gasteiger charge is 2.31. The van der Waals surface area contributed by atoms with E-state index >= 15 is 0 Å². The molecule has 1 heterocycles. The maximum absolute atomic E-state index is 12.8. The number of hydrogen-bond donors (Lipinski definition) is 1. The minimum absolute atomic E-state index is 0.0206. The summed E-state index contributed by atoms with van der Waals surface area (Å²) in [6.45, 7) is 3.91. The molecule has 1 N–H and O–H groups in total. The third kappa shape index (κ3) is 3.84. The summed E-state index contributed by atoms with van der Waals surface area (Å²) in [6.07, 6.45) is 0.792. The molecular formula is C14H21BrN2O3S. The molecule has 0 amide bonds. The number of hydrogen-bond acceptors (Lipinski definition) is 4. The second-order valence-electron chi connectivity index (χ2n) is 5.06. The van der Waals surface area contributed by atoms with Crippen molar-refractivity contribution in [3.8, 4) is 0 Å². The average molecular weight is 377 g/mol. The molecule has 0 radical (unpaired) electrons. The van der Waals surface area contributed by atoms with E-state index in [0.717, 1.165) is 12.0 Å². The van der Waals surface area contributed by atoms with Crippen molar-refractivity contribution in [2.24, 2.45) is 0 Å². The molecule has 0 bridgehead atoms. The van der Waals surface area contributed by atoms with E-state index < -0.39 is 10.0 Å². The number of halogens is 1. The molecule has 0 aromatic heterocycles. The number of ether oxygens (including phenoxy) is 1. The van der Waals surface area contributed by atoms with Crippen molar-refractivity contribution < 1.29 is 13.2 Å². The van der Waals surface area contributed by atoms with Crippen LogP contribution >= 0.6 is 15.9 Å². The van der Waals surface area contributed by atoms with Crippen LogP contribution in [0.4, 0.5) is 0 Å². The minimum atomic E-state index is -3.50. The number of nitrogens with one attached hydrogen (secondary N) is 1. The van der Waals surface area contributed by atoms with Crippen LogP contribution in [0.3, 0.4) is 0 Å². The fraction of sp³-hybridized carbons (Fsp3) is 0.571. The molecule has 1 aromatic rings. The van der Waals surface area contributed by atoms with Crippen LogP contribution < -0.4 is 5.32 Å². The Morgan fingerprint density at radius 2 is 2.24 bits per heavy atom. The van der Waals surface area contributed by atoms with Crippen LogP contribution in [0.5, 0.6) is 0 Å². The molecule has 1 aromatic carbocycles. The lowest BCUT2D eigenvalue weighted by molar-refractivity contribution is -0.00279. The third-order valence-corrected chi connectivity index (χ3v) is 6.41. The van der Waals surface area contributed by atoms with Gasteiger partial charge in [0, 0.05) is 24.1 Å². The van der Waals surface area contributed by atoms with Crippen LogP contribution in [-0.4, -0.2) is 45.6 Å². The quantitative estimate of drug-likeness (QED) is 0.853. The number of sulfonamides is 1. The monoisotopic (exact) mass is 376 g/mol. The van der Waals surface area contributed by atoms with Crippen molar-refractivity contribution in [1.82, 2.24) is 9.62 Å². The van der Waals surface area contributed by atoms with Gasteiger partial charge in [0.1, 0.15) is 0 Å². The first-order valence-electron chi connectivity index (χ1n) is 7.03. The Labute approximate surface area is 134 Å². The predicted octanol–water partition coefficient (Wildman–Crippen LogP) is 1.97. The van der Waals surface area contributed by atoms with E-state index in [2.05, 4.69) is 21.2 Å². The smallest absolute Gasteiger partial charge is 0.244 e. The summed E-state index contributed by atoms with van der Waals surface area (Å²) in [5.74, 6) is 0. The third-order valence-electron chi connectivity index (χ3n) is 3.55. The van der Waals surface area contributed by atoms with Crippen LogP contribution in [-0.2, 0) is 21.3 Å². The Balaban J connectivity index is 2.32. The molecule has 0 aliphatic carbocycles. The lowest BCUT2D eigenvalue weighted by atomic mass is 10.2. The van der Waals surface area contributed by atoms with E-state index in [0.29, 0.717) is 35.6 Å². The van der Waals surface area contributed by atoms with Gasteiger partial charge < -0.3 is 10.1 Å². The summed E-state index contributed by atoms with van der Waals surface area (Å²) in [6, 6.07) is 5.43. The Kier molecular flexibility index (Phi) is 5.79. The summed E-state index contributed by atoms with van der Waals surface area (Å²) in [5.41, 5.74) is 0.944. The topological polar surface area (TPSA) is 58.6 Å². The summed E-state index contributed by atoms with van der Waals surface area (Å²) < 4.78 is 33.4. The molecule has 5 nitrogen and oxygen atoms in total. The SMILES string of the molecule is CCC1CN(S(=O)(=O)c2cc(CNC)ccc2Br)CCO1. The molecule has 1 unspecified atom stereocenters. The zero-order chi connectivity index (χ0) is 15.5. The first-order valence-corrected chi connectivity index (χ1v) is 9.27. The molecule has 1 atom stereocenters. The standard InChI is InChI=1S/C14H21BrN2O3S/c1-3-12-10-17(6-7-20-12)21(18,19)14-8-11(9-16-2)4-5-13(14)15/h4-5,8,12,16H,3,6-7,9-10H2,1-2H3. The van der Waals surface area contributed by atoms with Crippen LogP contribution in [0.15, 0.2) is 27.6 Å². The molecule has 0 saturated carbocycles. The number of morpholine rings is 1. The molecule has 1 aliphatic rings. The summed E-state index contributed by atoms with van der Waals surface area (Å²) in [7, 11) is -1.66. The highest BCUT2D eigenvalue weighted by Crippen LogP contribution is 2.27. The second kappa shape index (κ2) is 7.19. The first kappa shape index (κ1) is 16.9. The van der Waals surface area contributed by atoms with Crippen molar-refractivity contribution in [1.29, 1.82) is 0 Å². The van der Waals surface area contributed by atoms with E-state index in [9.17, 15) is 8.42 Å². The predicted molar refractivity (Wildman–Crippen MR) is 85.7 cm³/mol. The van der Waals surface area contributed by atoms with Crippen molar-refractivity contribution >= 4 is 26.0 Å². The second-order valence-corrected chi connectivity index (χ2v) is 7.82. The zero-order valence-electron chi connectivity index (χ0n) is 12.3. The molecule has 1 fully saturated rings. The highest BCUT2D eigenvalue weighted by atomic mass is 79.9. The number of nitrogens with zero attached hydrogens (tertiary/aromatic N) is 1. The van der Waals surface area contributed by atoms with E-state index in [1.807, 2.05) is 20.0 Å². The van der Waals surface area contributed by atoms with Crippen LogP contribution in [0, 0.1) is 0 Å². The summed E-state index contributed by atoms with van der Waals surface area (Å²) in [4.78, 5) is 0.326. The van der Waals surface area contributed by atoms with Gasteiger partial charge in [-0.1, -0.05) is 13.0 Å². The maximum Gasteiger partial charge on any atom is 0.244 e. The van der Waals surface area contributed by atoms with Gasteiger partial charge in [-0.05, 0) is 47.1 Å². The summed E-state index contributed by atoms with van der Waals surface area (Å²) >= 11 is 3.36. The van der Waals surface area contributed by atoms with Gasteiger partial charge in [0.25, 0.3) is 0 Å². The maximum atomic E-state index is 12.8. The highest BCUT2D eigenvalue weighted by molar-refractivity contribution is 9.10. The van der Waals surface area contributed by atoms with Crippen LogP contribution in [0.2, 0.25) is 0 Å². The fourth-order valence-corrected chi connectivity index (χ4v) is 4.79. The fourth-order valence-electron chi connectivity index (χ4n) is 2.36. The summed E-state index contributed by atoms with van der Waals surface area (Å²) in [5, 5.41) is 3.03. The van der Waals surface area contributed by atoms with Gasteiger partial charge in [-0.15, -0.1) is 0 Å². The number of benzene rings is 1. The van der Waals surface area contributed by atoms with Gasteiger partial charge in [-0.25, -0.2) is 8.42 Å². The van der Waals surface area contributed by atoms with E-state index in [-0.39, 0.29) is 6.10 Å². The molecule has 21 heavy (non-hydrogen) atoms.